The molecule has 0 bridgehead atoms. The molecule has 45 heavy (non-hydrogen) atoms. The van der Waals surface area contributed by atoms with Gasteiger partial charge in [-0.05, 0) is 89.6 Å². The molecule has 0 N–H and O–H groups in total. The summed E-state index contributed by atoms with van der Waals surface area (Å²) >= 11 is 0. The highest BCUT2D eigenvalue weighted by Crippen LogP contribution is 2.61. The number of rotatable bonds is 2. The molecule has 0 atom stereocenters. The van der Waals surface area contributed by atoms with Crippen LogP contribution in [-0.2, 0) is 10.8 Å². The molecule has 3 heteroatoms. The van der Waals surface area contributed by atoms with Crippen molar-refractivity contribution in [3.05, 3.63) is 114 Å². The summed E-state index contributed by atoms with van der Waals surface area (Å²) in [5.74, 6) is 0. The molecule has 0 radical (unpaired) electrons. The van der Waals surface area contributed by atoms with Crippen molar-refractivity contribution < 1.29 is 0 Å². The van der Waals surface area contributed by atoms with Gasteiger partial charge in [-0.15, -0.1) is 0 Å². The topological polar surface area (TPSA) is 6.48 Å². The summed E-state index contributed by atoms with van der Waals surface area (Å²) in [6.45, 7) is 19.8. The monoisotopic (exact) mass is 584 g/mol. The van der Waals surface area contributed by atoms with Crippen LogP contribution in [0.25, 0.3) is 22.3 Å². The second-order valence-electron chi connectivity index (χ2n) is 15.8. The lowest BCUT2D eigenvalue weighted by atomic mass is 9.33. The zero-order chi connectivity index (χ0) is 31.3. The number of fused-ring (bicyclic) bond motifs is 4. The molecule has 0 aliphatic carbocycles. The number of benzene rings is 5. The van der Waals surface area contributed by atoms with E-state index in [1.807, 2.05) is 0 Å². The lowest BCUT2D eigenvalue weighted by molar-refractivity contribution is 0.330. The maximum atomic E-state index is 2.72. The second-order valence-corrected chi connectivity index (χ2v) is 15.8. The van der Waals surface area contributed by atoms with Crippen molar-refractivity contribution in [2.75, 3.05) is 9.80 Å². The van der Waals surface area contributed by atoms with Gasteiger partial charge in [-0.1, -0.05) is 119 Å². The van der Waals surface area contributed by atoms with Gasteiger partial charge < -0.3 is 9.80 Å². The predicted octanol–water partition coefficient (Wildman–Crippen LogP) is 8.58. The Balaban J connectivity index is 1.41. The second kappa shape index (κ2) is 8.32. The highest BCUT2D eigenvalue weighted by atomic mass is 15.3. The molecule has 0 spiro atoms. The van der Waals surface area contributed by atoms with Crippen molar-refractivity contribution in [3.8, 4) is 22.3 Å². The molecule has 0 saturated carbocycles. The first-order valence-corrected chi connectivity index (χ1v) is 16.6. The van der Waals surface area contributed by atoms with Crippen LogP contribution in [0.1, 0.15) is 66.5 Å². The standard InChI is InChI=1S/C42H41BN2/c1-39(2)34-28(26-16-11-9-12-17-26)22-24-30-37(34)44(41(39,5)6)32-20-15-21-33-36(32)43(30)31-25-23-29(27-18-13-10-14-19-27)35-38(31)45(33)42(7,8)40(35,3)4/h9-25H,1-8H3. The van der Waals surface area contributed by atoms with Gasteiger partial charge in [-0.2, -0.15) is 0 Å². The smallest absolute Gasteiger partial charge is 0.252 e. The number of anilines is 4. The van der Waals surface area contributed by atoms with Crippen LogP contribution in [0.3, 0.4) is 0 Å². The normalized spacial score (nSPS) is 19.7. The van der Waals surface area contributed by atoms with E-state index in [2.05, 4.69) is 168 Å². The molecule has 5 aromatic rings. The van der Waals surface area contributed by atoms with E-state index in [1.165, 1.54) is 72.5 Å². The first-order valence-electron chi connectivity index (χ1n) is 16.6. The molecular formula is C42H41BN2. The zero-order valence-electron chi connectivity index (χ0n) is 27.8. The maximum absolute atomic E-state index is 2.72. The summed E-state index contributed by atoms with van der Waals surface area (Å²) in [6.07, 6.45) is 0. The molecule has 222 valence electrons. The van der Waals surface area contributed by atoms with Crippen molar-refractivity contribution in [1.29, 1.82) is 0 Å². The van der Waals surface area contributed by atoms with E-state index in [1.54, 1.807) is 0 Å². The molecule has 0 unspecified atom stereocenters. The van der Waals surface area contributed by atoms with Crippen LogP contribution in [0.15, 0.2) is 103 Å². The Labute approximate surface area is 268 Å². The summed E-state index contributed by atoms with van der Waals surface area (Å²) in [5, 5.41) is 0. The van der Waals surface area contributed by atoms with Crippen molar-refractivity contribution >= 4 is 45.9 Å². The van der Waals surface area contributed by atoms with Gasteiger partial charge in [0.25, 0.3) is 6.71 Å². The van der Waals surface area contributed by atoms with E-state index >= 15 is 0 Å². The van der Waals surface area contributed by atoms with Crippen LogP contribution >= 0.6 is 0 Å². The third-order valence-corrected chi connectivity index (χ3v) is 12.9. The average Bonchev–Trinajstić information content (AvgIpc) is 3.31. The number of nitrogens with zero attached hydrogens (tertiary/aromatic N) is 2. The quantitative estimate of drug-likeness (QED) is 0.192. The molecule has 9 rings (SSSR count). The Kier molecular flexibility index (Phi) is 5.01. The Hall–Kier alpha value is -4.24. The lowest BCUT2D eigenvalue weighted by Crippen LogP contribution is -2.65. The molecule has 0 amide bonds. The molecule has 4 heterocycles. The van der Waals surface area contributed by atoms with E-state index in [0.717, 1.165) is 0 Å². The molecule has 5 aromatic carbocycles. The van der Waals surface area contributed by atoms with Crippen molar-refractivity contribution in [3.63, 3.8) is 0 Å². The molecule has 4 aliphatic rings. The van der Waals surface area contributed by atoms with E-state index < -0.39 is 0 Å². The molecule has 4 aliphatic heterocycles. The molecule has 0 aromatic heterocycles. The van der Waals surface area contributed by atoms with Gasteiger partial charge in [-0.3, -0.25) is 0 Å². The van der Waals surface area contributed by atoms with Crippen molar-refractivity contribution in [2.45, 2.75) is 77.3 Å². The first-order chi connectivity index (χ1) is 21.4. The van der Waals surface area contributed by atoms with Crippen molar-refractivity contribution in [2.24, 2.45) is 0 Å². The third-order valence-electron chi connectivity index (χ3n) is 12.9. The van der Waals surface area contributed by atoms with E-state index in [0.29, 0.717) is 0 Å². The van der Waals surface area contributed by atoms with Gasteiger partial charge in [0.15, 0.2) is 0 Å². The minimum Gasteiger partial charge on any atom is -0.336 e. The van der Waals surface area contributed by atoms with E-state index in [4.69, 9.17) is 0 Å². The molecule has 2 nitrogen and oxygen atoms in total. The Morgan fingerprint density at radius 2 is 0.844 bits per heavy atom. The van der Waals surface area contributed by atoms with E-state index in [9.17, 15) is 0 Å². The third kappa shape index (κ3) is 2.99. The van der Waals surface area contributed by atoms with Gasteiger partial charge in [0.05, 0.1) is 0 Å². The Morgan fingerprint density at radius 3 is 1.24 bits per heavy atom. The van der Waals surface area contributed by atoms with Crippen molar-refractivity contribution in [1.82, 2.24) is 0 Å². The van der Waals surface area contributed by atoms with E-state index in [-0.39, 0.29) is 28.6 Å². The Bertz CT molecular complexity index is 1920. The molecule has 0 fully saturated rings. The molecule has 0 saturated heterocycles. The fourth-order valence-electron chi connectivity index (χ4n) is 9.42. The summed E-state index contributed by atoms with van der Waals surface area (Å²) in [4.78, 5) is 5.44. The van der Waals surface area contributed by atoms with Gasteiger partial charge in [-0.25, -0.2) is 0 Å². The van der Waals surface area contributed by atoms with Gasteiger partial charge in [0.1, 0.15) is 0 Å². The highest BCUT2D eigenvalue weighted by Gasteiger charge is 2.61. The van der Waals surface area contributed by atoms with Gasteiger partial charge >= 0.3 is 0 Å². The van der Waals surface area contributed by atoms with Crippen LogP contribution in [0.5, 0.6) is 0 Å². The van der Waals surface area contributed by atoms with Gasteiger partial charge in [0, 0.05) is 44.7 Å². The highest BCUT2D eigenvalue weighted by molar-refractivity contribution is 7.00. The SMILES string of the molecule is CC1(C)c2c(-c3ccccc3)ccc3c2N(c2cccc4c2B3c2ccc(-c3ccccc3)c3c2N4C(C)(C)C3(C)C)C1(C)C. The van der Waals surface area contributed by atoms with Crippen LogP contribution in [0, 0.1) is 0 Å². The minimum atomic E-state index is -0.128. The van der Waals surface area contributed by atoms with Crippen LogP contribution in [0.4, 0.5) is 22.7 Å². The minimum absolute atomic E-state index is 0.0804. The van der Waals surface area contributed by atoms with Crippen LogP contribution in [0.2, 0.25) is 0 Å². The zero-order valence-corrected chi connectivity index (χ0v) is 27.8. The summed E-state index contributed by atoms with van der Waals surface area (Å²) < 4.78 is 0. The largest absolute Gasteiger partial charge is 0.336 e. The average molecular weight is 585 g/mol. The summed E-state index contributed by atoms with van der Waals surface area (Å²) in [6, 6.07) is 38.9. The fraction of sp³-hybridized carbons (Fsp3) is 0.286. The Morgan fingerprint density at radius 1 is 0.444 bits per heavy atom. The number of hydrogen-bond donors (Lipinski definition) is 0. The van der Waals surface area contributed by atoms with Gasteiger partial charge in [0.2, 0.25) is 0 Å². The molecular weight excluding hydrogens is 543 g/mol. The summed E-state index contributed by atoms with van der Waals surface area (Å²) in [5.41, 5.74) is 17.8. The first kappa shape index (κ1) is 27.1. The predicted molar refractivity (Wildman–Crippen MR) is 193 cm³/mol. The maximum Gasteiger partial charge on any atom is 0.252 e. The lowest BCUT2D eigenvalue weighted by Gasteiger charge is -2.50. The van der Waals surface area contributed by atoms with Crippen LogP contribution in [-0.4, -0.2) is 17.8 Å². The van der Waals surface area contributed by atoms with Crippen LogP contribution < -0.4 is 26.2 Å². The fourth-order valence-corrected chi connectivity index (χ4v) is 9.42. The number of hydrogen-bond acceptors (Lipinski definition) is 2. The summed E-state index contributed by atoms with van der Waals surface area (Å²) in [7, 11) is 0.